The topological polar surface area (TPSA) is 58.7 Å². The maximum absolute atomic E-state index is 14.2. The van der Waals surface area contributed by atoms with E-state index in [1.807, 2.05) is 19.9 Å². The van der Waals surface area contributed by atoms with Crippen LogP contribution in [-0.4, -0.2) is 22.3 Å². The zero-order valence-electron chi connectivity index (χ0n) is 22.3. The summed E-state index contributed by atoms with van der Waals surface area (Å²) in [5.74, 6) is 0.462. The summed E-state index contributed by atoms with van der Waals surface area (Å²) in [6.45, 7) is 23.3. The molecule has 4 fully saturated rings. The lowest BCUT2D eigenvalue weighted by atomic mass is 9.32. The standard InChI is InChI=1S/C30H43NO3/c1-25(2)11-13-30(34)14-12-29(7)23(18(30)16-25)20(32)15-22-27(5)17-19(31-8)24(33)26(3,4)21(27)9-10-28(22,29)6/h17-18,21-23,34H,9-16H2,1-7H3/t18?,21-,22+,23?,27-,28+,29+,30-/m0/s1. The van der Waals surface area contributed by atoms with Gasteiger partial charge in [-0.05, 0) is 84.4 Å². The number of allylic oxidation sites excluding steroid dienone is 2. The average Bonchev–Trinajstić information content (AvgIpc) is 2.74. The summed E-state index contributed by atoms with van der Waals surface area (Å²) < 4.78 is 0. The van der Waals surface area contributed by atoms with Gasteiger partial charge >= 0.3 is 0 Å². The van der Waals surface area contributed by atoms with E-state index in [1.165, 1.54) is 0 Å². The van der Waals surface area contributed by atoms with Crippen LogP contribution >= 0.6 is 0 Å². The van der Waals surface area contributed by atoms with E-state index in [4.69, 9.17) is 6.57 Å². The third-order valence-corrected chi connectivity index (χ3v) is 12.4. The molecule has 5 aliphatic carbocycles. The number of Topliss-reactive ketones (excluding diaryl/α,β-unsaturated/α-hetero) is 2. The van der Waals surface area contributed by atoms with Crippen molar-refractivity contribution in [2.45, 2.75) is 105 Å². The first kappa shape index (κ1) is 24.2. The molecule has 0 bridgehead atoms. The molecule has 34 heavy (non-hydrogen) atoms. The van der Waals surface area contributed by atoms with Gasteiger partial charge in [0.1, 0.15) is 5.78 Å². The maximum Gasteiger partial charge on any atom is 0.226 e. The van der Waals surface area contributed by atoms with Gasteiger partial charge in [0.2, 0.25) is 5.70 Å². The van der Waals surface area contributed by atoms with E-state index in [-0.39, 0.29) is 56.8 Å². The smallest absolute Gasteiger partial charge is 0.226 e. The van der Waals surface area contributed by atoms with E-state index < -0.39 is 11.0 Å². The number of fused-ring (bicyclic) bond motifs is 7. The van der Waals surface area contributed by atoms with Crippen molar-refractivity contribution in [3.8, 4) is 0 Å². The van der Waals surface area contributed by atoms with Crippen molar-refractivity contribution in [3.63, 3.8) is 0 Å². The van der Waals surface area contributed by atoms with Crippen molar-refractivity contribution in [2.75, 3.05) is 0 Å². The van der Waals surface area contributed by atoms with Crippen molar-refractivity contribution in [1.29, 1.82) is 0 Å². The zero-order chi connectivity index (χ0) is 25.1. The van der Waals surface area contributed by atoms with Crippen molar-refractivity contribution >= 4 is 11.6 Å². The quantitative estimate of drug-likeness (QED) is 0.422. The summed E-state index contributed by atoms with van der Waals surface area (Å²) in [6, 6.07) is 0. The fourth-order valence-corrected chi connectivity index (χ4v) is 10.2. The molecular weight excluding hydrogens is 422 g/mol. The van der Waals surface area contributed by atoms with Crippen molar-refractivity contribution in [3.05, 3.63) is 23.2 Å². The number of nitrogens with zero attached hydrogens (tertiary/aromatic N) is 1. The van der Waals surface area contributed by atoms with Crippen LogP contribution in [0.25, 0.3) is 4.85 Å². The van der Waals surface area contributed by atoms with Crippen LogP contribution in [0.4, 0.5) is 0 Å². The number of carbonyl (C=O) groups excluding carboxylic acids is 2. The van der Waals surface area contributed by atoms with E-state index in [9.17, 15) is 14.7 Å². The Morgan fingerprint density at radius 3 is 2.21 bits per heavy atom. The SMILES string of the molecule is [C-]#[N+]C1=C[C@]2(C)[C@H]3CC(=O)C4C5CC(C)(C)CC[C@]5(O)CC[C@@]4(C)[C@]3(C)CC[C@H]2C(C)(C)C1=O. The molecule has 4 saturated carbocycles. The molecule has 0 aromatic carbocycles. The van der Waals surface area contributed by atoms with Gasteiger partial charge in [-0.3, -0.25) is 4.79 Å². The maximum atomic E-state index is 14.2. The molecule has 4 heteroatoms. The number of carbonyl (C=O) groups is 2. The largest absolute Gasteiger partial charge is 0.390 e. The summed E-state index contributed by atoms with van der Waals surface area (Å²) >= 11 is 0. The minimum atomic E-state index is -0.712. The minimum absolute atomic E-state index is 0.0320. The van der Waals surface area contributed by atoms with E-state index >= 15 is 0 Å². The van der Waals surface area contributed by atoms with Gasteiger partial charge in [0.05, 0.1) is 12.2 Å². The molecule has 0 spiro atoms. The monoisotopic (exact) mass is 465 g/mol. The lowest BCUT2D eigenvalue weighted by Gasteiger charge is -2.71. The van der Waals surface area contributed by atoms with Crippen molar-refractivity contribution in [2.24, 2.45) is 50.7 Å². The fourth-order valence-electron chi connectivity index (χ4n) is 10.2. The van der Waals surface area contributed by atoms with Gasteiger partial charge in [0.25, 0.3) is 0 Å². The second-order valence-corrected chi connectivity index (χ2v) is 14.8. The Bertz CT molecular complexity index is 1030. The number of rotatable bonds is 0. The number of hydrogen-bond acceptors (Lipinski definition) is 3. The molecule has 8 atom stereocenters. The first-order valence-corrected chi connectivity index (χ1v) is 13.5. The number of ketones is 2. The van der Waals surface area contributed by atoms with Crippen LogP contribution in [0.15, 0.2) is 11.8 Å². The fraction of sp³-hybridized carbons (Fsp3) is 0.833. The summed E-state index contributed by atoms with van der Waals surface area (Å²) in [5, 5.41) is 11.7. The highest BCUT2D eigenvalue weighted by atomic mass is 16.3. The molecule has 0 saturated heterocycles. The molecule has 1 N–H and O–H groups in total. The highest BCUT2D eigenvalue weighted by molar-refractivity contribution is 6.02. The Hall–Kier alpha value is -1.47. The molecule has 4 nitrogen and oxygen atoms in total. The van der Waals surface area contributed by atoms with Gasteiger partial charge in [-0.25, -0.2) is 4.85 Å². The van der Waals surface area contributed by atoms with Gasteiger partial charge in [0, 0.05) is 17.8 Å². The molecular formula is C30H43NO3. The number of aliphatic hydroxyl groups is 1. The Morgan fingerprint density at radius 1 is 0.912 bits per heavy atom. The molecule has 0 radical (unpaired) electrons. The summed E-state index contributed by atoms with van der Waals surface area (Å²) in [7, 11) is 0. The molecule has 186 valence electrons. The Labute approximate surface area is 205 Å². The van der Waals surface area contributed by atoms with Gasteiger partial charge in [-0.15, -0.1) is 0 Å². The molecule has 0 aromatic heterocycles. The lowest BCUT2D eigenvalue weighted by molar-refractivity contribution is -0.236. The molecule has 2 unspecified atom stereocenters. The van der Waals surface area contributed by atoms with E-state index in [0.29, 0.717) is 12.2 Å². The highest BCUT2D eigenvalue weighted by Crippen LogP contribution is 2.74. The second-order valence-electron chi connectivity index (χ2n) is 14.8. The highest BCUT2D eigenvalue weighted by Gasteiger charge is 2.71. The van der Waals surface area contributed by atoms with Crippen LogP contribution in [-0.2, 0) is 9.59 Å². The summed E-state index contributed by atoms with van der Waals surface area (Å²) in [5.41, 5.74) is -1.49. The Balaban J connectivity index is 1.63. The molecule has 0 heterocycles. The van der Waals surface area contributed by atoms with Gasteiger partial charge in [-0.1, -0.05) is 54.5 Å². The van der Waals surface area contributed by atoms with Crippen LogP contribution in [0, 0.1) is 57.3 Å². The van der Waals surface area contributed by atoms with Crippen LogP contribution in [0.5, 0.6) is 0 Å². The van der Waals surface area contributed by atoms with Crippen LogP contribution in [0.2, 0.25) is 0 Å². The van der Waals surface area contributed by atoms with E-state index in [1.54, 1.807) is 0 Å². The van der Waals surface area contributed by atoms with Crippen molar-refractivity contribution < 1.29 is 14.7 Å². The average molecular weight is 466 g/mol. The van der Waals surface area contributed by atoms with Crippen LogP contribution in [0.3, 0.4) is 0 Å². The Kier molecular flexibility index (Phi) is 4.88. The molecule has 5 aliphatic rings. The third-order valence-electron chi connectivity index (χ3n) is 12.4. The number of hydrogen-bond donors (Lipinski definition) is 1. The summed E-state index contributed by atoms with van der Waals surface area (Å²) in [4.78, 5) is 31.0. The molecule has 0 amide bonds. The molecule has 5 rings (SSSR count). The first-order chi connectivity index (χ1) is 15.6. The van der Waals surface area contributed by atoms with Crippen LogP contribution in [0.1, 0.15) is 99.8 Å². The van der Waals surface area contributed by atoms with E-state index in [0.717, 1.165) is 44.9 Å². The Morgan fingerprint density at radius 2 is 1.56 bits per heavy atom. The van der Waals surface area contributed by atoms with Gasteiger partial charge in [0.15, 0.2) is 5.78 Å². The van der Waals surface area contributed by atoms with E-state index in [2.05, 4.69) is 39.5 Å². The molecule has 0 aliphatic heterocycles. The first-order valence-electron chi connectivity index (χ1n) is 13.5. The van der Waals surface area contributed by atoms with Crippen molar-refractivity contribution in [1.82, 2.24) is 0 Å². The lowest BCUT2D eigenvalue weighted by Crippen LogP contribution is -2.69. The third kappa shape index (κ3) is 2.80. The predicted octanol–water partition coefficient (Wildman–Crippen LogP) is 6.38. The molecule has 0 aromatic rings. The minimum Gasteiger partial charge on any atom is -0.390 e. The normalized spacial score (nSPS) is 51.2. The van der Waals surface area contributed by atoms with Crippen LogP contribution < -0.4 is 0 Å². The predicted molar refractivity (Wildman–Crippen MR) is 132 cm³/mol. The summed E-state index contributed by atoms with van der Waals surface area (Å²) in [6.07, 6.45) is 8.83. The second kappa shape index (κ2) is 6.84. The van der Waals surface area contributed by atoms with Gasteiger partial charge in [-0.2, -0.15) is 0 Å². The zero-order valence-corrected chi connectivity index (χ0v) is 22.3. The van der Waals surface area contributed by atoms with Gasteiger partial charge < -0.3 is 9.90 Å².